The summed E-state index contributed by atoms with van der Waals surface area (Å²) in [5, 5.41) is 9.72. The van der Waals surface area contributed by atoms with Gasteiger partial charge in [0.1, 0.15) is 5.82 Å². The van der Waals surface area contributed by atoms with Crippen LogP contribution >= 0.6 is 0 Å². The van der Waals surface area contributed by atoms with Gasteiger partial charge in [0.15, 0.2) is 9.84 Å². The average Bonchev–Trinajstić information content (AvgIpc) is 2.50. The average molecular weight is 270 g/mol. The molecule has 1 aromatic rings. The standard InChI is InChI=1S/C12H18N2O3S/c1-10(15)11-4-2-5-13-12(11)14-6-3-8-18(16,17)9-7-14/h2,4-5,10,15H,3,6-9H2,1H3/t10-/m1/s1. The van der Waals surface area contributed by atoms with Crippen molar-refractivity contribution in [3.8, 4) is 0 Å². The minimum Gasteiger partial charge on any atom is -0.389 e. The van der Waals surface area contributed by atoms with Gasteiger partial charge in [0.05, 0.1) is 17.6 Å². The molecule has 6 heteroatoms. The van der Waals surface area contributed by atoms with E-state index in [0.717, 1.165) is 5.56 Å². The van der Waals surface area contributed by atoms with E-state index in [2.05, 4.69) is 4.98 Å². The molecule has 0 spiro atoms. The number of aliphatic hydroxyl groups is 1. The third-order valence-electron chi connectivity index (χ3n) is 3.12. The van der Waals surface area contributed by atoms with Crippen LogP contribution in [-0.2, 0) is 9.84 Å². The molecule has 1 aliphatic heterocycles. The first-order chi connectivity index (χ1) is 8.49. The van der Waals surface area contributed by atoms with Gasteiger partial charge in [-0.2, -0.15) is 0 Å². The summed E-state index contributed by atoms with van der Waals surface area (Å²) in [7, 11) is -2.93. The fourth-order valence-corrected chi connectivity index (χ4v) is 3.42. The summed E-state index contributed by atoms with van der Waals surface area (Å²) in [5.41, 5.74) is 0.747. The predicted molar refractivity (Wildman–Crippen MR) is 70.4 cm³/mol. The Labute approximate surface area is 107 Å². The Morgan fingerprint density at radius 1 is 1.39 bits per heavy atom. The van der Waals surface area contributed by atoms with E-state index in [9.17, 15) is 13.5 Å². The third kappa shape index (κ3) is 3.00. The van der Waals surface area contributed by atoms with E-state index in [-0.39, 0.29) is 11.5 Å². The van der Waals surface area contributed by atoms with Gasteiger partial charge in [0, 0.05) is 24.8 Å². The molecule has 0 saturated carbocycles. The van der Waals surface area contributed by atoms with Crippen molar-refractivity contribution >= 4 is 15.7 Å². The Bertz CT molecular complexity index is 514. The molecule has 1 fully saturated rings. The normalized spacial score (nSPS) is 21.3. The molecule has 0 radical (unpaired) electrons. The lowest BCUT2D eigenvalue weighted by Gasteiger charge is -2.24. The summed E-state index contributed by atoms with van der Waals surface area (Å²) in [6.07, 6.45) is 1.67. The zero-order valence-corrected chi connectivity index (χ0v) is 11.2. The van der Waals surface area contributed by atoms with Gasteiger partial charge in [-0.15, -0.1) is 0 Å². The monoisotopic (exact) mass is 270 g/mol. The number of aromatic nitrogens is 1. The van der Waals surface area contributed by atoms with Gasteiger partial charge in [0.25, 0.3) is 0 Å². The summed E-state index contributed by atoms with van der Waals surface area (Å²) >= 11 is 0. The second-order valence-corrected chi connectivity index (χ2v) is 6.89. The molecule has 0 unspecified atom stereocenters. The minimum atomic E-state index is -2.93. The smallest absolute Gasteiger partial charge is 0.152 e. The zero-order valence-electron chi connectivity index (χ0n) is 10.4. The van der Waals surface area contributed by atoms with Crippen molar-refractivity contribution in [2.24, 2.45) is 0 Å². The molecule has 2 heterocycles. The predicted octanol–water partition coefficient (Wildman–Crippen LogP) is 0.760. The van der Waals surface area contributed by atoms with Crippen LogP contribution in [0.4, 0.5) is 5.82 Å². The highest BCUT2D eigenvalue weighted by Crippen LogP contribution is 2.24. The van der Waals surface area contributed by atoms with Crippen LogP contribution in [0.1, 0.15) is 25.0 Å². The van der Waals surface area contributed by atoms with Crippen LogP contribution in [0.3, 0.4) is 0 Å². The van der Waals surface area contributed by atoms with Gasteiger partial charge in [-0.1, -0.05) is 6.07 Å². The Morgan fingerprint density at radius 3 is 2.89 bits per heavy atom. The molecule has 18 heavy (non-hydrogen) atoms. The van der Waals surface area contributed by atoms with Crippen molar-refractivity contribution in [2.75, 3.05) is 29.5 Å². The number of hydrogen-bond donors (Lipinski definition) is 1. The summed E-state index contributed by atoms with van der Waals surface area (Å²) in [4.78, 5) is 6.24. The van der Waals surface area contributed by atoms with E-state index >= 15 is 0 Å². The van der Waals surface area contributed by atoms with Crippen molar-refractivity contribution in [3.63, 3.8) is 0 Å². The number of pyridine rings is 1. The van der Waals surface area contributed by atoms with Crippen molar-refractivity contribution in [2.45, 2.75) is 19.4 Å². The maximum Gasteiger partial charge on any atom is 0.152 e. The lowest BCUT2D eigenvalue weighted by molar-refractivity contribution is 0.199. The second-order valence-electron chi connectivity index (χ2n) is 4.58. The zero-order chi connectivity index (χ0) is 13.2. The van der Waals surface area contributed by atoms with Gasteiger partial charge in [-0.25, -0.2) is 13.4 Å². The van der Waals surface area contributed by atoms with Crippen molar-refractivity contribution < 1.29 is 13.5 Å². The quantitative estimate of drug-likeness (QED) is 0.859. The maximum atomic E-state index is 11.6. The summed E-state index contributed by atoms with van der Waals surface area (Å²) in [5.74, 6) is 1.09. The molecule has 1 saturated heterocycles. The molecule has 0 amide bonds. The summed E-state index contributed by atoms with van der Waals surface area (Å²) < 4.78 is 23.1. The van der Waals surface area contributed by atoms with Crippen molar-refractivity contribution in [3.05, 3.63) is 23.9 Å². The van der Waals surface area contributed by atoms with Gasteiger partial charge in [-0.05, 0) is 19.4 Å². The fraction of sp³-hybridized carbons (Fsp3) is 0.583. The summed E-state index contributed by atoms with van der Waals surface area (Å²) in [6, 6.07) is 3.60. The highest BCUT2D eigenvalue weighted by atomic mass is 32.2. The Hall–Kier alpha value is -1.14. The fourth-order valence-electron chi connectivity index (χ4n) is 2.15. The number of sulfone groups is 1. The molecule has 0 bridgehead atoms. The van der Waals surface area contributed by atoms with E-state index < -0.39 is 15.9 Å². The number of nitrogens with zero attached hydrogens (tertiary/aromatic N) is 2. The van der Waals surface area contributed by atoms with E-state index in [4.69, 9.17) is 0 Å². The van der Waals surface area contributed by atoms with E-state index in [0.29, 0.717) is 25.3 Å². The van der Waals surface area contributed by atoms with Crippen molar-refractivity contribution in [1.29, 1.82) is 0 Å². The molecule has 5 nitrogen and oxygen atoms in total. The number of hydrogen-bond acceptors (Lipinski definition) is 5. The molecule has 1 aliphatic rings. The molecule has 0 aromatic carbocycles. The van der Waals surface area contributed by atoms with Crippen LogP contribution in [0.5, 0.6) is 0 Å². The first-order valence-electron chi connectivity index (χ1n) is 6.08. The largest absolute Gasteiger partial charge is 0.389 e. The lowest BCUT2D eigenvalue weighted by Crippen LogP contribution is -2.28. The SMILES string of the molecule is C[C@@H](O)c1cccnc1N1CCCS(=O)(=O)CC1. The third-order valence-corrected chi connectivity index (χ3v) is 4.84. The Kier molecular flexibility index (Phi) is 3.87. The number of anilines is 1. The minimum absolute atomic E-state index is 0.156. The Balaban J connectivity index is 2.26. The van der Waals surface area contributed by atoms with Crippen LogP contribution in [0.2, 0.25) is 0 Å². The lowest BCUT2D eigenvalue weighted by atomic mass is 10.1. The second kappa shape index (κ2) is 5.24. The summed E-state index contributed by atoms with van der Waals surface area (Å²) in [6.45, 7) is 2.80. The van der Waals surface area contributed by atoms with E-state index in [1.807, 2.05) is 11.0 Å². The van der Waals surface area contributed by atoms with Gasteiger partial charge >= 0.3 is 0 Å². The highest BCUT2D eigenvalue weighted by molar-refractivity contribution is 7.91. The van der Waals surface area contributed by atoms with Crippen LogP contribution < -0.4 is 4.90 Å². The van der Waals surface area contributed by atoms with Crippen LogP contribution in [0, 0.1) is 0 Å². The van der Waals surface area contributed by atoms with Crippen LogP contribution in [0.15, 0.2) is 18.3 Å². The number of aliphatic hydroxyl groups excluding tert-OH is 1. The van der Waals surface area contributed by atoms with E-state index in [1.54, 1.807) is 19.2 Å². The highest BCUT2D eigenvalue weighted by Gasteiger charge is 2.22. The maximum absolute atomic E-state index is 11.6. The molecule has 100 valence electrons. The van der Waals surface area contributed by atoms with E-state index in [1.165, 1.54) is 0 Å². The number of rotatable bonds is 2. The van der Waals surface area contributed by atoms with Crippen LogP contribution in [0.25, 0.3) is 0 Å². The molecule has 1 aromatic heterocycles. The van der Waals surface area contributed by atoms with Gasteiger partial charge in [0.2, 0.25) is 0 Å². The Morgan fingerprint density at radius 2 is 2.17 bits per heavy atom. The molecule has 0 aliphatic carbocycles. The molecule has 2 rings (SSSR count). The molecule has 1 atom stereocenters. The first-order valence-corrected chi connectivity index (χ1v) is 7.90. The molecule has 1 N–H and O–H groups in total. The van der Waals surface area contributed by atoms with Crippen LogP contribution in [-0.4, -0.2) is 43.1 Å². The molecular weight excluding hydrogens is 252 g/mol. The van der Waals surface area contributed by atoms with Gasteiger partial charge < -0.3 is 10.0 Å². The van der Waals surface area contributed by atoms with Gasteiger partial charge in [-0.3, -0.25) is 0 Å². The molecular formula is C12H18N2O3S. The first kappa shape index (κ1) is 13.3. The van der Waals surface area contributed by atoms with Crippen molar-refractivity contribution in [1.82, 2.24) is 4.98 Å². The topological polar surface area (TPSA) is 70.5 Å².